The molecule has 0 atom stereocenters. The van der Waals surface area contributed by atoms with E-state index in [-0.39, 0.29) is 6.42 Å². The van der Waals surface area contributed by atoms with Crippen LogP contribution in [0.2, 0.25) is 0 Å². The fourth-order valence-corrected chi connectivity index (χ4v) is 1.45. The molecule has 18 heavy (non-hydrogen) atoms. The Kier molecular flexibility index (Phi) is 5.49. The molecule has 0 heterocycles. The lowest BCUT2D eigenvalue weighted by molar-refractivity contribution is -0.136. The molecule has 1 aromatic rings. The Morgan fingerprint density at radius 1 is 1.33 bits per heavy atom. The summed E-state index contributed by atoms with van der Waals surface area (Å²) in [5.74, 6) is 0.570. The number of hydrogen-bond acceptors (Lipinski definition) is 3. The van der Waals surface area contributed by atoms with Crippen molar-refractivity contribution in [2.75, 3.05) is 25.1 Å². The molecular weight excluding hydrogens is 230 g/mol. The molecule has 0 spiro atoms. The van der Waals surface area contributed by atoms with Crippen LogP contribution in [-0.2, 0) is 4.79 Å². The summed E-state index contributed by atoms with van der Waals surface area (Å²) >= 11 is 0. The largest absolute Gasteiger partial charge is 0.493 e. The van der Waals surface area contributed by atoms with Gasteiger partial charge in [-0.3, -0.25) is 4.79 Å². The number of carboxylic acids is 1. The van der Waals surface area contributed by atoms with Crippen molar-refractivity contribution in [1.29, 1.82) is 0 Å². The van der Waals surface area contributed by atoms with Gasteiger partial charge in [-0.2, -0.15) is 0 Å². The van der Waals surface area contributed by atoms with Crippen LogP contribution < -0.4 is 9.64 Å². The van der Waals surface area contributed by atoms with Crippen LogP contribution in [0.3, 0.4) is 0 Å². The quantitative estimate of drug-likeness (QED) is 0.809. The molecule has 4 heteroatoms. The van der Waals surface area contributed by atoms with Crippen molar-refractivity contribution in [3.05, 3.63) is 24.3 Å². The number of ether oxygens (including phenoxy) is 1. The molecule has 0 fully saturated rings. The second-order valence-electron chi connectivity index (χ2n) is 4.76. The Morgan fingerprint density at radius 2 is 1.94 bits per heavy atom. The molecule has 0 saturated heterocycles. The summed E-state index contributed by atoms with van der Waals surface area (Å²) in [6, 6.07) is 7.71. The number of benzene rings is 1. The average Bonchev–Trinajstić information content (AvgIpc) is 2.34. The van der Waals surface area contributed by atoms with Crippen molar-refractivity contribution in [1.82, 2.24) is 0 Å². The van der Waals surface area contributed by atoms with Gasteiger partial charge >= 0.3 is 5.97 Å². The fraction of sp³-hybridized carbons (Fsp3) is 0.500. The van der Waals surface area contributed by atoms with E-state index in [9.17, 15) is 4.79 Å². The first kappa shape index (κ1) is 14.4. The molecule has 1 rings (SSSR count). The van der Waals surface area contributed by atoms with Crippen LogP contribution in [-0.4, -0.2) is 31.3 Å². The van der Waals surface area contributed by atoms with Gasteiger partial charge in [0, 0.05) is 19.3 Å². The second kappa shape index (κ2) is 6.89. The highest BCUT2D eigenvalue weighted by Gasteiger charge is 2.04. The highest BCUT2D eigenvalue weighted by atomic mass is 16.5. The smallest absolute Gasteiger partial charge is 0.305 e. The molecular formula is C14H21NO3. The number of carbonyl (C=O) groups is 1. The van der Waals surface area contributed by atoms with E-state index >= 15 is 0 Å². The minimum Gasteiger partial charge on any atom is -0.493 e. The van der Waals surface area contributed by atoms with Crippen molar-refractivity contribution in [2.45, 2.75) is 20.3 Å². The monoisotopic (exact) mass is 251 g/mol. The van der Waals surface area contributed by atoms with Crippen LogP contribution in [0.4, 0.5) is 5.69 Å². The highest BCUT2D eigenvalue weighted by Crippen LogP contribution is 2.19. The molecule has 0 aliphatic rings. The standard InChI is InChI=1S/C14H21NO3/c1-11(2)10-18-13-6-4-12(5-7-13)15(3)9-8-14(16)17/h4-7,11H,8-10H2,1-3H3,(H,16,17). The van der Waals surface area contributed by atoms with Crippen molar-refractivity contribution < 1.29 is 14.6 Å². The van der Waals surface area contributed by atoms with Crippen molar-refractivity contribution in [3.63, 3.8) is 0 Å². The molecule has 1 aromatic carbocycles. The minimum absolute atomic E-state index is 0.141. The van der Waals surface area contributed by atoms with E-state index in [0.29, 0.717) is 19.1 Å². The molecule has 0 unspecified atom stereocenters. The molecule has 0 aromatic heterocycles. The topological polar surface area (TPSA) is 49.8 Å². The molecule has 0 aliphatic heterocycles. The van der Waals surface area contributed by atoms with E-state index in [1.807, 2.05) is 36.2 Å². The van der Waals surface area contributed by atoms with Gasteiger partial charge in [0.25, 0.3) is 0 Å². The van der Waals surface area contributed by atoms with Gasteiger partial charge in [0.2, 0.25) is 0 Å². The number of rotatable bonds is 7. The van der Waals surface area contributed by atoms with Gasteiger partial charge in [-0.25, -0.2) is 0 Å². The fourth-order valence-electron chi connectivity index (χ4n) is 1.45. The maximum atomic E-state index is 10.5. The summed E-state index contributed by atoms with van der Waals surface area (Å²) in [6.45, 7) is 5.41. The third-order valence-corrected chi connectivity index (χ3v) is 2.52. The first-order valence-corrected chi connectivity index (χ1v) is 6.15. The molecule has 0 bridgehead atoms. The molecule has 4 nitrogen and oxygen atoms in total. The summed E-state index contributed by atoms with van der Waals surface area (Å²) in [6.07, 6.45) is 0.141. The molecule has 0 aliphatic carbocycles. The van der Waals surface area contributed by atoms with Crippen molar-refractivity contribution >= 4 is 11.7 Å². The van der Waals surface area contributed by atoms with Crippen LogP contribution in [0.25, 0.3) is 0 Å². The van der Waals surface area contributed by atoms with Gasteiger partial charge in [-0.1, -0.05) is 13.8 Å². The maximum Gasteiger partial charge on any atom is 0.305 e. The number of carboxylic acid groups (broad SMARTS) is 1. The molecule has 1 N–H and O–H groups in total. The van der Waals surface area contributed by atoms with Crippen LogP contribution in [0.15, 0.2) is 24.3 Å². The lowest BCUT2D eigenvalue weighted by Gasteiger charge is -2.18. The van der Waals surface area contributed by atoms with Crippen molar-refractivity contribution in [2.24, 2.45) is 5.92 Å². The van der Waals surface area contributed by atoms with Crippen LogP contribution in [0, 0.1) is 5.92 Å². The zero-order valence-corrected chi connectivity index (χ0v) is 11.2. The minimum atomic E-state index is -0.779. The zero-order valence-electron chi connectivity index (χ0n) is 11.2. The summed E-state index contributed by atoms with van der Waals surface area (Å²) in [7, 11) is 1.88. The van der Waals surface area contributed by atoms with Crippen molar-refractivity contribution in [3.8, 4) is 5.75 Å². The highest BCUT2D eigenvalue weighted by molar-refractivity contribution is 5.67. The Labute approximate surface area is 108 Å². The van der Waals surface area contributed by atoms with Gasteiger partial charge in [0.1, 0.15) is 5.75 Å². The van der Waals surface area contributed by atoms with Crippen LogP contribution >= 0.6 is 0 Å². The SMILES string of the molecule is CC(C)COc1ccc(N(C)CCC(=O)O)cc1. The number of anilines is 1. The predicted octanol–water partition coefficient (Wildman–Crippen LogP) is 2.63. The normalized spacial score (nSPS) is 10.4. The van der Waals surface area contributed by atoms with Gasteiger partial charge in [0.05, 0.1) is 13.0 Å². The van der Waals surface area contributed by atoms with E-state index in [1.54, 1.807) is 0 Å². The van der Waals surface area contributed by atoms with Crippen LogP contribution in [0.1, 0.15) is 20.3 Å². The molecule has 100 valence electrons. The van der Waals surface area contributed by atoms with E-state index in [2.05, 4.69) is 13.8 Å². The van der Waals surface area contributed by atoms with E-state index < -0.39 is 5.97 Å². The second-order valence-corrected chi connectivity index (χ2v) is 4.76. The summed E-state index contributed by atoms with van der Waals surface area (Å²) in [4.78, 5) is 12.4. The molecule has 0 amide bonds. The van der Waals surface area contributed by atoms with Crippen LogP contribution in [0.5, 0.6) is 5.75 Å². The number of aliphatic carboxylic acids is 1. The molecule has 0 radical (unpaired) electrons. The lowest BCUT2D eigenvalue weighted by Crippen LogP contribution is -2.20. The molecule has 0 saturated carbocycles. The Morgan fingerprint density at radius 3 is 2.44 bits per heavy atom. The van der Waals surface area contributed by atoms with E-state index in [1.165, 1.54) is 0 Å². The summed E-state index contributed by atoms with van der Waals surface area (Å²) < 4.78 is 5.59. The third-order valence-electron chi connectivity index (χ3n) is 2.52. The first-order valence-electron chi connectivity index (χ1n) is 6.15. The van der Waals surface area contributed by atoms with Gasteiger partial charge in [-0.15, -0.1) is 0 Å². The number of nitrogens with zero attached hydrogens (tertiary/aromatic N) is 1. The zero-order chi connectivity index (χ0) is 13.5. The predicted molar refractivity (Wildman–Crippen MR) is 72.3 cm³/mol. The Bertz CT molecular complexity index is 373. The number of hydrogen-bond donors (Lipinski definition) is 1. The third kappa shape index (κ3) is 5.08. The summed E-state index contributed by atoms with van der Waals surface area (Å²) in [5, 5.41) is 8.63. The van der Waals surface area contributed by atoms with Gasteiger partial charge in [0.15, 0.2) is 0 Å². The van der Waals surface area contributed by atoms with Gasteiger partial charge < -0.3 is 14.7 Å². The lowest BCUT2D eigenvalue weighted by atomic mass is 10.2. The Balaban J connectivity index is 2.51. The van der Waals surface area contributed by atoms with E-state index in [0.717, 1.165) is 11.4 Å². The van der Waals surface area contributed by atoms with Gasteiger partial charge in [-0.05, 0) is 30.2 Å². The summed E-state index contributed by atoms with van der Waals surface area (Å²) in [5.41, 5.74) is 0.994. The average molecular weight is 251 g/mol. The maximum absolute atomic E-state index is 10.5. The Hall–Kier alpha value is -1.71. The van der Waals surface area contributed by atoms with E-state index in [4.69, 9.17) is 9.84 Å². The first-order chi connectivity index (χ1) is 8.49.